The van der Waals surface area contributed by atoms with Crippen molar-refractivity contribution in [3.05, 3.63) is 23.8 Å². The van der Waals surface area contributed by atoms with Crippen LogP contribution >= 0.6 is 11.8 Å². The highest BCUT2D eigenvalue weighted by molar-refractivity contribution is 7.99. The van der Waals surface area contributed by atoms with E-state index < -0.39 is 0 Å². The minimum atomic E-state index is 0.0881. The van der Waals surface area contributed by atoms with Crippen LogP contribution in [0.25, 0.3) is 0 Å². The van der Waals surface area contributed by atoms with E-state index in [0.717, 1.165) is 29.3 Å². The molecule has 2 rings (SSSR count). The molecule has 1 aromatic rings. The fourth-order valence-corrected chi connectivity index (χ4v) is 3.93. The van der Waals surface area contributed by atoms with Gasteiger partial charge < -0.3 is 11.1 Å². The van der Waals surface area contributed by atoms with Gasteiger partial charge in [0.15, 0.2) is 0 Å². The Balaban J connectivity index is 1.62. The molecule has 4 heteroatoms. The summed E-state index contributed by atoms with van der Waals surface area (Å²) < 4.78 is 0. The topological polar surface area (TPSA) is 55.1 Å². The Labute approximate surface area is 132 Å². The molecule has 0 bridgehead atoms. The molecule has 1 saturated carbocycles. The number of anilines is 2. The van der Waals surface area contributed by atoms with Gasteiger partial charge in [-0.15, -0.1) is 0 Å². The van der Waals surface area contributed by atoms with Gasteiger partial charge in [-0.2, -0.15) is 11.8 Å². The van der Waals surface area contributed by atoms with Gasteiger partial charge in [0.25, 0.3) is 0 Å². The van der Waals surface area contributed by atoms with Gasteiger partial charge in [-0.3, -0.25) is 4.79 Å². The molecule has 0 radical (unpaired) electrons. The van der Waals surface area contributed by atoms with E-state index in [1.54, 1.807) is 0 Å². The van der Waals surface area contributed by atoms with Crippen LogP contribution in [0.2, 0.25) is 0 Å². The average Bonchev–Trinajstić information content (AvgIpc) is 2.96. The summed E-state index contributed by atoms with van der Waals surface area (Å²) in [5, 5.41) is 2.95. The van der Waals surface area contributed by atoms with Crippen molar-refractivity contribution < 1.29 is 4.79 Å². The standard InChI is InChI=1S/C17H26N2OS/c1-13-8-9-15(18)11-16(13)19-17(20)7-4-10-21-12-14-5-2-3-6-14/h8-9,11,14H,2-7,10,12,18H2,1H3,(H,19,20). The monoisotopic (exact) mass is 306 g/mol. The zero-order valence-corrected chi connectivity index (χ0v) is 13.7. The Bertz CT molecular complexity index is 470. The smallest absolute Gasteiger partial charge is 0.224 e. The van der Waals surface area contributed by atoms with Crippen molar-refractivity contribution in [1.29, 1.82) is 0 Å². The first-order valence-corrected chi connectivity index (χ1v) is 9.04. The molecule has 0 atom stereocenters. The Kier molecular flexibility index (Phi) is 6.43. The van der Waals surface area contributed by atoms with Crippen LogP contribution in [0.15, 0.2) is 18.2 Å². The van der Waals surface area contributed by atoms with Crippen LogP contribution in [0.3, 0.4) is 0 Å². The molecule has 3 N–H and O–H groups in total. The average molecular weight is 306 g/mol. The number of amides is 1. The lowest BCUT2D eigenvalue weighted by Gasteiger charge is -2.10. The van der Waals surface area contributed by atoms with Crippen molar-refractivity contribution in [2.45, 2.75) is 45.4 Å². The van der Waals surface area contributed by atoms with E-state index in [1.807, 2.05) is 36.9 Å². The highest BCUT2D eigenvalue weighted by Crippen LogP contribution is 2.28. The molecule has 1 aromatic carbocycles. The molecule has 0 unspecified atom stereocenters. The zero-order valence-electron chi connectivity index (χ0n) is 12.9. The fraction of sp³-hybridized carbons (Fsp3) is 0.588. The van der Waals surface area contributed by atoms with Crippen molar-refractivity contribution >= 4 is 29.0 Å². The lowest BCUT2D eigenvalue weighted by molar-refractivity contribution is -0.116. The number of nitrogens with one attached hydrogen (secondary N) is 1. The number of aryl methyl sites for hydroxylation is 1. The zero-order chi connectivity index (χ0) is 15.1. The third-order valence-electron chi connectivity index (χ3n) is 4.06. The maximum atomic E-state index is 11.9. The van der Waals surface area contributed by atoms with E-state index in [2.05, 4.69) is 5.32 Å². The molecular formula is C17H26N2OS. The number of thioether (sulfide) groups is 1. The first-order valence-electron chi connectivity index (χ1n) is 7.89. The van der Waals surface area contributed by atoms with Crippen LogP contribution in [0.4, 0.5) is 11.4 Å². The molecule has 1 aliphatic rings. The van der Waals surface area contributed by atoms with Crippen molar-refractivity contribution in [2.24, 2.45) is 5.92 Å². The van der Waals surface area contributed by atoms with Crippen LogP contribution < -0.4 is 11.1 Å². The SMILES string of the molecule is Cc1ccc(N)cc1NC(=O)CCCSCC1CCCC1. The normalized spacial score (nSPS) is 15.3. The second kappa shape index (κ2) is 8.32. The van der Waals surface area contributed by atoms with Crippen LogP contribution in [0.5, 0.6) is 0 Å². The molecule has 0 aromatic heterocycles. The number of nitrogen functional groups attached to an aromatic ring is 1. The summed E-state index contributed by atoms with van der Waals surface area (Å²) in [5.41, 5.74) is 8.31. The Morgan fingerprint density at radius 1 is 1.38 bits per heavy atom. The molecule has 1 amide bonds. The molecule has 116 valence electrons. The number of hydrogen-bond acceptors (Lipinski definition) is 3. The van der Waals surface area contributed by atoms with E-state index in [4.69, 9.17) is 5.73 Å². The summed E-state index contributed by atoms with van der Waals surface area (Å²) in [6.07, 6.45) is 7.17. The maximum absolute atomic E-state index is 11.9. The first kappa shape index (κ1) is 16.2. The first-order chi connectivity index (χ1) is 10.1. The molecule has 3 nitrogen and oxygen atoms in total. The van der Waals surface area contributed by atoms with E-state index in [-0.39, 0.29) is 5.91 Å². The number of rotatable bonds is 7. The lowest BCUT2D eigenvalue weighted by Crippen LogP contribution is -2.12. The number of benzene rings is 1. The summed E-state index contributed by atoms with van der Waals surface area (Å²) in [5.74, 6) is 3.37. The van der Waals surface area contributed by atoms with Gasteiger partial charge in [0, 0.05) is 17.8 Å². The highest BCUT2D eigenvalue weighted by atomic mass is 32.2. The molecule has 0 spiro atoms. The summed E-state index contributed by atoms with van der Waals surface area (Å²) in [6, 6.07) is 5.61. The van der Waals surface area contributed by atoms with Crippen molar-refractivity contribution in [1.82, 2.24) is 0 Å². The van der Waals surface area contributed by atoms with Crippen LogP contribution in [-0.2, 0) is 4.79 Å². The summed E-state index contributed by atoms with van der Waals surface area (Å²) in [6.45, 7) is 1.98. The Morgan fingerprint density at radius 2 is 2.14 bits per heavy atom. The molecule has 0 saturated heterocycles. The lowest BCUT2D eigenvalue weighted by atomic mass is 10.1. The fourth-order valence-electron chi connectivity index (χ4n) is 2.75. The molecular weight excluding hydrogens is 280 g/mol. The third-order valence-corrected chi connectivity index (χ3v) is 5.34. The van der Waals surface area contributed by atoms with Gasteiger partial charge in [0.1, 0.15) is 0 Å². The van der Waals surface area contributed by atoms with Gasteiger partial charge in [-0.25, -0.2) is 0 Å². The van der Waals surface area contributed by atoms with Crippen LogP contribution in [0, 0.1) is 12.8 Å². The van der Waals surface area contributed by atoms with Gasteiger partial charge in [0.05, 0.1) is 0 Å². The van der Waals surface area contributed by atoms with Crippen molar-refractivity contribution in [2.75, 3.05) is 22.6 Å². The predicted molar refractivity (Wildman–Crippen MR) is 92.7 cm³/mol. The summed E-state index contributed by atoms with van der Waals surface area (Å²) >= 11 is 2.00. The second-order valence-corrected chi connectivity index (χ2v) is 7.10. The Morgan fingerprint density at radius 3 is 2.90 bits per heavy atom. The van der Waals surface area contributed by atoms with Crippen LogP contribution in [-0.4, -0.2) is 17.4 Å². The molecule has 1 aliphatic carbocycles. The van der Waals surface area contributed by atoms with E-state index in [9.17, 15) is 4.79 Å². The quantitative estimate of drug-likeness (QED) is 0.586. The van der Waals surface area contributed by atoms with E-state index >= 15 is 0 Å². The van der Waals surface area contributed by atoms with Gasteiger partial charge in [0.2, 0.25) is 5.91 Å². The van der Waals surface area contributed by atoms with Crippen LogP contribution in [0.1, 0.15) is 44.1 Å². The summed E-state index contributed by atoms with van der Waals surface area (Å²) in [7, 11) is 0. The largest absolute Gasteiger partial charge is 0.399 e. The van der Waals surface area contributed by atoms with Gasteiger partial charge >= 0.3 is 0 Å². The summed E-state index contributed by atoms with van der Waals surface area (Å²) in [4.78, 5) is 11.9. The van der Waals surface area contributed by atoms with Crippen molar-refractivity contribution in [3.8, 4) is 0 Å². The molecule has 21 heavy (non-hydrogen) atoms. The Hall–Kier alpha value is -1.16. The maximum Gasteiger partial charge on any atom is 0.224 e. The number of hydrogen-bond donors (Lipinski definition) is 2. The van der Waals surface area contributed by atoms with Crippen molar-refractivity contribution in [3.63, 3.8) is 0 Å². The van der Waals surface area contributed by atoms with E-state index in [0.29, 0.717) is 12.1 Å². The highest BCUT2D eigenvalue weighted by Gasteiger charge is 2.14. The second-order valence-electron chi connectivity index (χ2n) is 5.95. The number of carbonyl (C=O) groups excluding carboxylic acids is 1. The third kappa shape index (κ3) is 5.62. The molecule has 1 fully saturated rings. The number of carbonyl (C=O) groups is 1. The number of nitrogens with two attached hydrogens (primary N) is 1. The van der Waals surface area contributed by atoms with Gasteiger partial charge in [-0.1, -0.05) is 18.9 Å². The molecule has 0 heterocycles. The minimum absolute atomic E-state index is 0.0881. The minimum Gasteiger partial charge on any atom is -0.399 e. The van der Waals surface area contributed by atoms with E-state index in [1.165, 1.54) is 31.4 Å². The predicted octanol–water partition coefficient (Wildman–Crippen LogP) is 4.22. The van der Waals surface area contributed by atoms with Gasteiger partial charge in [-0.05, 0) is 61.3 Å². The molecule has 0 aliphatic heterocycles.